The van der Waals surface area contributed by atoms with Gasteiger partial charge >= 0.3 is 6.09 Å². The van der Waals surface area contributed by atoms with Crippen molar-refractivity contribution in [3.05, 3.63) is 65.5 Å². The Balaban J connectivity index is 1.83. The molecule has 1 aliphatic rings. The number of halogens is 1. The number of hydrogen-bond donors (Lipinski definition) is 0. The van der Waals surface area contributed by atoms with Gasteiger partial charge in [0.2, 0.25) is 0 Å². The Morgan fingerprint density at radius 1 is 1.23 bits per heavy atom. The van der Waals surface area contributed by atoms with Gasteiger partial charge in [0.25, 0.3) is 0 Å². The number of hydrogen-bond acceptors (Lipinski definition) is 2. The maximum Gasteiger partial charge on any atom is 0.411 e. The van der Waals surface area contributed by atoms with Crippen LogP contribution in [-0.4, -0.2) is 24.9 Å². The molecule has 0 aliphatic carbocycles. The standard InChI is InChI=1S/C17H15BFNO2/c1-11-16(12-5-3-2-4-6-12)22-17(21)20(11)10-13-9-14(19)7-8-15(13)18/h2-9,11,16H,10H2,1H3/t11-,16-/m0/s1. The first kappa shape index (κ1) is 14.6. The highest BCUT2D eigenvalue weighted by Gasteiger charge is 2.39. The van der Waals surface area contributed by atoms with Crippen LogP contribution in [0.25, 0.3) is 0 Å². The minimum absolute atomic E-state index is 0.155. The Kier molecular flexibility index (Phi) is 3.88. The molecule has 0 spiro atoms. The summed E-state index contributed by atoms with van der Waals surface area (Å²) >= 11 is 0. The molecule has 2 aromatic carbocycles. The second-order valence-electron chi connectivity index (χ2n) is 5.43. The Bertz CT molecular complexity index is 692. The van der Waals surface area contributed by atoms with E-state index in [4.69, 9.17) is 12.6 Å². The van der Waals surface area contributed by atoms with Gasteiger partial charge in [-0.2, -0.15) is 0 Å². The Morgan fingerprint density at radius 2 is 1.95 bits per heavy atom. The lowest BCUT2D eigenvalue weighted by Gasteiger charge is -2.22. The molecule has 2 aromatic rings. The largest absolute Gasteiger partial charge is 0.439 e. The van der Waals surface area contributed by atoms with Crippen molar-refractivity contribution in [2.24, 2.45) is 0 Å². The van der Waals surface area contributed by atoms with Gasteiger partial charge in [-0.15, -0.1) is 0 Å². The summed E-state index contributed by atoms with van der Waals surface area (Å²) in [7, 11) is 5.86. The van der Waals surface area contributed by atoms with E-state index >= 15 is 0 Å². The minimum atomic E-state index is -0.412. The third kappa shape index (κ3) is 2.71. The first-order valence-electron chi connectivity index (χ1n) is 7.12. The zero-order valence-electron chi connectivity index (χ0n) is 12.2. The molecule has 0 saturated carbocycles. The molecule has 0 aromatic heterocycles. The molecule has 5 heteroatoms. The number of rotatable bonds is 3. The van der Waals surface area contributed by atoms with Crippen molar-refractivity contribution in [2.45, 2.75) is 25.6 Å². The summed E-state index contributed by atoms with van der Waals surface area (Å²) in [5, 5.41) is 0. The van der Waals surface area contributed by atoms with E-state index in [-0.39, 0.29) is 24.5 Å². The monoisotopic (exact) mass is 295 g/mol. The first-order chi connectivity index (χ1) is 10.6. The van der Waals surface area contributed by atoms with Gasteiger partial charge in [0.05, 0.1) is 6.04 Å². The van der Waals surface area contributed by atoms with Crippen LogP contribution >= 0.6 is 0 Å². The molecule has 1 aliphatic heterocycles. The van der Waals surface area contributed by atoms with E-state index in [2.05, 4.69) is 0 Å². The Morgan fingerprint density at radius 3 is 2.68 bits per heavy atom. The highest BCUT2D eigenvalue weighted by molar-refractivity contribution is 6.33. The molecule has 110 valence electrons. The van der Waals surface area contributed by atoms with Crippen molar-refractivity contribution in [2.75, 3.05) is 0 Å². The number of cyclic esters (lactones) is 1. The molecule has 22 heavy (non-hydrogen) atoms. The van der Waals surface area contributed by atoms with Crippen molar-refractivity contribution >= 4 is 19.4 Å². The normalized spacial score (nSPS) is 21.0. The fraction of sp³-hybridized carbons (Fsp3) is 0.235. The van der Waals surface area contributed by atoms with Gasteiger partial charge in [0, 0.05) is 6.54 Å². The smallest absolute Gasteiger partial charge is 0.411 e. The van der Waals surface area contributed by atoms with Crippen LogP contribution in [0.3, 0.4) is 0 Å². The molecule has 2 radical (unpaired) electrons. The van der Waals surface area contributed by atoms with E-state index in [1.807, 2.05) is 37.3 Å². The number of carbonyl (C=O) groups is 1. The van der Waals surface area contributed by atoms with Gasteiger partial charge in [-0.3, -0.25) is 4.90 Å². The van der Waals surface area contributed by atoms with E-state index in [1.54, 1.807) is 4.90 Å². The fourth-order valence-corrected chi connectivity index (χ4v) is 2.70. The first-order valence-corrected chi connectivity index (χ1v) is 7.12. The van der Waals surface area contributed by atoms with E-state index < -0.39 is 6.09 Å². The van der Waals surface area contributed by atoms with Crippen LogP contribution in [0.4, 0.5) is 9.18 Å². The zero-order chi connectivity index (χ0) is 15.7. The lowest BCUT2D eigenvalue weighted by atomic mass is 9.90. The number of nitrogens with zero attached hydrogens (tertiary/aromatic N) is 1. The summed E-state index contributed by atoms with van der Waals surface area (Å²) in [6.45, 7) is 2.14. The topological polar surface area (TPSA) is 29.5 Å². The Hall–Kier alpha value is -2.30. The summed E-state index contributed by atoms with van der Waals surface area (Å²) in [4.78, 5) is 13.7. The molecule has 1 saturated heterocycles. The Labute approximate surface area is 130 Å². The highest BCUT2D eigenvalue weighted by Crippen LogP contribution is 2.33. The van der Waals surface area contributed by atoms with Crippen LogP contribution in [-0.2, 0) is 11.3 Å². The number of carbonyl (C=O) groups excluding carboxylic acids is 1. The van der Waals surface area contributed by atoms with E-state index in [0.717, 1.165) is 5.56 Å². The van der Waals surface area contributed by atoms with Gasteiger partial charge in [0.1, 0.15) is 19.8 Å². The van der Waals surface area contributed by atoms with E-state index in [1.165, 1.54) is 18.2 Å². The minimum Gasteiger partial charge on any atom is -0.439 e. The lowest BCUT2D eigenvalue weighted by molar-refractivity contribution is 0.130. The maximum atomic E-state index is 13.4. The van der Waals surface area contributed by atoms with Gasteiger partial charge < -0.3 is 4.74 Å². The van der Waals surface area contributed by atoms with Crippen molar-refractivity contribution in [3.63, 3.8) is 0 Å². The molecule has 3 nitrogen and oxygen atoms in total. The van der Waals surface area contributed by atoms with Crippen LogP contribution in [0.2, 0.25) is 0 Å². The molecule has 1 heterocycles. The second kappa shape index (κ2) is 5.83. The maximum absolute atomic E-state index is 13.4. The molecular weight excluding hydrogens is 280 g/mol. The van der Waals surface area contributed by atoms with Gasteiger partial charge in [-0.1, -0.05) is 41.9 Å². The SMILES string of the molecule is [B]c1ccc(F)cc1CN1C(=O)O[C@H](c2ccccc2)[C@@H]1C. The summed E-state index contributed by atoms with van der Waals surface area (Å²) in [5.74, 6) is -0.371. The van der Waals surface area contributed by atoms with E-state index in [0.29, 0.717) is 11.0 Å². The number of benzene rings is 2. The van der Waals surface area contributed by atoms with Crippen molar-refractivity contribution in [1.29, 1.82) is 0 Å². The number of amides is 1. The second-order valence-corrected chi connectivity index (χ2v) is 5.43. The van der Waals surface area contributed by atoms with Gasteiger partial charge in [-0.05, 0) is 30.2 Å². The molecule has 1 fully saturated rings. The molecular formula is C17H15BFNO2. The summed E-state index contributed by atoms with van der Waals surface area (Å²) < 4.78 is 18.8. The third-order valence-electron chi connectivity index (χ3n) is 3.97. The van der Waals surface area contributed by atoms with Crippen LogP contribution in [0.1, 0.15) is 24.2 Å². The molecule has 0 bridgehead atoms. The molecule has 0 unspecified atom stereocenters. The summed E-state index contributed by atoms with van der Waals surface area (Å²) in [6.07, 6.45) is -0.742. The quantitative estimate of drug-likeness (QED) is 0.815. The lowest BCUT2D eigenvalue weighted by Crippen LogP contribution is -2.33. The molecule has 3 rings (SSSR count). The van der Waals surface area contributed by atoms with Gasteiger partial charge in [-0.25, -0.2) is 9.18 Å². The van der Waals surface area contributed by atoms with Crippen molar-refractivity contribution in [1.82, 2.24) is 4.90 Å². The summed E-state index contributed by atoms with van der Waals surface area (Å²) in [5.41, 5.74) is 1.99. The molecule has 0 N–H and O–H groups in total. The fourth-order valence-electron chi connectivity index (χ4n) is 2.70. The molecule has 1 amide bonds. The summed E-state index contributed by atoms with van der Waals surface area (Å²) in [6, 6.07) is 13.6. The van der Waals surface area contributed by atoms with Crippen LogP contribution in [0.15, 0.2) is 48.5 Å². The van der Waals surface area contributed by atoms with Gasteiger partial charge in [0.15, 0.2) is 0 Å². The predicted octanol–water partition coefficient (Wildman–Crippen LogP) is 2.70. The van der Waals surface area contributed by atoms with Crippen LogP contribution in [0.5, 0.6) is 0 Å². The average Bonchev–Trinajstić information content (AvgIpc) is 2.80. The third-order valence-corrected chi connectivity index (χ3v) is 3.97. The van der Waals surface area contributed by atoms with Crippen LogP contribution in [0, 0.1) is 5.82 Å². The van der Waals surface area contributed by atoms with Crippen LogP contribution < -0.4 is 5.46 Å². The molecule has 2 atom stereocenters. The van der Waals surface area contributed by atoms with Crippen molar-refractivity contribution < 1.29 is 13.9 Å². The number of ether oxygens (including phenoxy) is 1. The average molecular weight is 295 g/mol. The highest BCUT2D eigenvalue weighted by atomic mass is 19.1. The zero-order valence-corrected chi connectivity index (χ0v) is 12.2. The van der Waals surface area contributed by atoms with E-state index in [9.17, 15) is 9.18 Å². The van der Waals surface area contributed by atoms with Crippen molar-refractivity contribution in [3.8, 4) is 0 Å². The predicted molar refractivity (Wildman–Crippen MR) is 82.5 cm³/mol.